The molecule has 2 aromatic rings. The summed E-state index contributed by atoms with van der Waals surface area (Å²) < 4.78 is 22.1. The van der Waals surface area contributed by atoms with Crippen LogP contribution in [-0.2, 0) is 14.3 Å². The average Bonchev–Trinajstić information content (AvgIpc) is 3.35. The smallest absolute Gasteiger partial charge is 0.284 e. The van der Waals surface area contributed by atoms with E-state index in [9.17, 15) is 9.59 Å². The molecule has 2 aromatic carbocycles. The van der Waals surface area contributed by atoms with Crippen LogP contribution in [0.1, 0.15) is 18.4 Å². The van der Waals surface area contributed by atoms with Gasteiger partial charge in [0.15, 0.2) is 18.1 Å². The van der Waals surface area contributed by atoms with Crippen LogP contribution in [0.25, 0.3) is 0 Å². The molecule has 32 heavy (non-hydrogen) atoms. The number of carbonyl (C=O) groups excluding carboxylic acids is 2. The average molecular weight is 439 g/mol. The van der Waals surface area contributed by atoms with Crippen molar-refractivity contribution in [1.82, 2.24) is 10.7 Å². The van der Waals surface area contributed by atoms with Crippen molar-refractivity contribution in [3.63, 3.8) is 0 Å². The summed E-state index contributed by atoms with van der Waals surface area (Å²) in [7, 11) is 0. The summed E-state index contributed by atoms with van der Waals surface area (Å²) in [6.45, 7) is 1.32. The topological polar surface area (TPSA) is 107 Å². The number of nitrogens with zero attached hydrogens (tertiary/aromatic N) is 1. The molecule has 2 aliphatic rings. The maximum atomic E-state index is 12.2. The van der Waals surface area contributed by atoms with E-state index >= 15 is 0 Å². The third-order valence-electron chi connectivity index (χ3n) is 4.99. The first kappa shape index (κ1) is 21.6. The third-order valence-corrected chi connectivity index (χ3v) is 4.99. The highest BCUT2D eigenvalue weighted by Crippen LogP contribution is 2.30. The maximum Gasteiger partial charge on any atom is 0.284 e. The Labute approximate surface area is 185 Å². The zero-order chi connectivity index (χ0) is 22.2. The highest BCUT2D eigenvalue weighted by atomic mass is 16.6. The van der Waals surface area contributed by atoms with E-state index in [4.69, 9.17) is 18.9 Å². The third kappa shape index (κ3) is 5.98. The molecule has 2 amide bonds. The van der Waals surface area contributed by atoms with Gasteiger partial charge < -0.3 is 24.3 Å². The van der Waals surface area contributed by atoms with E-state index in [0.29, 0.717) is 23.8 Å². The molecule has 168 valence electrons. The van der Waals surface area contributed by atoms with Crippen LogP contribution in [0.3, 0.4) is 0 Å². The van der Waals surface area contributed by atoms with Crippen molar-refractivity contribution < 1.29 is 28.5 Å². The molecule has 0 unspecified atom stereocenters. The standard InChI is InChI=1S/C23H25N3O6/c27-22(24-13-18-4-3-11-29-18)15-30-17-9-7-16(8-10-17)12-25-26-23(28)21-14-31-19-5-1-2-6-20(19)32-21/h1-2,5-10,12,18,21H,3-4,11,13-15H2,(H,24,27)(H,26,28)/b25-12-/t18-,21-/m1/s1. The minimum Gasteiger partial charge on any atom is -0.485 e. The SMILES string of the molecule is O=C(COc1ccc(/C=N\NC(=O)[C@H]2COc3ccccc3O2)cc1)NC[C@H]1CCCO1. The predicted octanol–water partition coefficient (Wildman–Crippen LogP) is 1.65. The molecule has 2 atom stereocenters. The molecule has 0 bridgehead atoms. The van der Waals surface area contributed by atoms with Gasteiger partial charge in [-0.05, 0) is 54.8 Å². The van der Waals surface area contributed by atoms with Gasteiger partial charge in [0, 0.05) is 13.2 Å². The molecule has 4 rings (SSSR count). The van der Waals surface area contributed by atoms with Crippen LogP contribution < -0.4 is 25.0 Å². The summed E-state index contributed by atoms with van der Waals surface area (Å²) in [6.07, 6.45) is 2.84. The molecule has 2 heterocycles. The van der Waals surface area contributed by atoms with Crippen molar-refractivity contribution in [1.29, 1.82) is 0 Å². The largest absolute Gasteiger partial charge is 0.485 e. The summed E-state index contributed by atoms with van der Waals surface area (Å²) in [4.78, 5) is 24.1. The lowest BCUT2D eigenvalue weighted by Gasteiger charge is -2.24. The second-order valence-corrected chi connectivity index (χ2v) is 7.40. The van der Waals surface area contributed by atoms with Gasteiger partial charge in [-0.15, -0.1) is 0 Å². The molecular formula is C23H25N3O6. The molecule has 1 fully saturated rings. The van der Waals surface area contributed by atoms with Crippen LogP contribution in [0, 0.1) is 0 Å². The number of ether oxygens (including phenoxy) is 4. The number of carbonyl (C=O) groups is 2. The molecule has 2 aliphatic heterocycles. The van der Waals surface area contributed by atoms with E-state index in [0.717, 1.165) is 25.0 Å². The van der Waals surface area contributed by atoms with Gasteiger partial charge in [0.2, 0.25) is 6.10 Å². The Balaban J connectivity index is 1.18. The van der Waals surface area contributed by atoms with Crippen LogP contribution in [-0.4, -0.2) is 56.6 Å². The van der Waals surface area contributed by atoms with Crippen LogP contribution >= 0.6 is 0 Å². The number of hydrogen-bond donors (Lipinski definition) is 2. The zero-order valence-electron chi connectivity index (χ0n) is 17.5. The highest BCUT2D eigenvalue weighted by molar-refractivity contribution is 5.85. The molecule has 0 spiro atoms. The Hall–Kier alpha value is -3.59. The van der Waals surface area contributed by atoms with Crippen LogP contribution in [0.5, 0.6) is 17.2 Å². The molecule has 9 heteroatoms. The minimum atomic E-state index is -0.774. The molecule has 9 nitrogen and oxygen atoms in total. The molecule has 2 N–H and O–H groups in total. The number of nitrogens with one attached hydrogen (secondary N) is 2. The van der Waals surface area contributed by atoms with Gasteiger partial charge in [-0.2, -0.15) is 5.10 Å². The number of hydrogen-bond acceptors (Lipinski definition) is 7. The highest BCUT2D eigenvalue weighted by Gasteiger charge is 2.27. The molecule has 0 aliphatic carbocycles. The van der Waals surface area contributed by atoms with Crippen molar-refractivity contribution in [2.45, 2.75) is 25.0 Å². The van der Waals surface area contributed by atoms with E-state index in [1.54, 1.807) is 36.4 Å². The molecule has 0 saturated carbocycles. The van der Waals surface area contributed by atoms with Crippen molar-refractivity contribution >= 4 is 18.0 Å². The van der Waals surface area contributed by atoms with E-state index in [1.165, 1.54) is 6.21 Å². The Morgan fingerprint density at radius 1 is 1.12 bits per heavy atom. The van der Waals surface area contributed by atoms with Crippen molar-refractivity contribution in [3.8, 4) is 17.2 Å². The molecular weight excluding hydrogens is 414 g/mol. The second kappa shape index (κ2) is 10.6. The predicted molar refractivity (Wildman–Crippen MR) is 116 cm³/mol. The van der Waals surface area contributed by atoms with E-state index in [1.807, 2.05) is 12.1 Å². The van der Waals surface area contributed by atoms with Gasteiger partial charge in [-0.1, -0.05) is 12.1 Å². The second-order valence-electron chi connectivity index (χ2n) is 7.40. The Morgan fingerprint density at radius 3 is 2.72 bits per heavy atom. The first-order valence-electron chi connectivity index (χ1n) is 10.5. The van der Waals surface area contributed by atoms with Gasteiger partial charge >= 0.3 is 0 Å². The Kier molecular flexibility index (Phi) is 7.19. The van der Waals surface area contributed by atoms with E-state index < -0.39 is 12.0 Å². The van der Waals surface area contributed by atoms with Crippen LogP contribution in [0.15, 0.2) is 53.6 Å². The number of para-hydroxylation sites is 2. The fourth-order valence-electron chi connectivity index (χ4n) is 3.27. The number of rotatable bonds is 8. The monoisotopic (exact) mass is 439 g/mol. The lowest BCUT2D eigenvalue weighted by molar-refractivity contribution is -0.130. The number of amides is 2. The number of hydrazone groups is 1. The van der Waals surface area contributed by atoms with Crippen molar-refractivity contribution in [2.75, 3.05) is 26.4 Å². The zero-order valence-corrected chi connectivity index (χ0v) is 17.5. The maximum absolute atomic E-state index is 12.2. The molecule has 0 aromatic heterocycles. The first-order chi connectivity index (χ1) is 15.7. The number of benzene rings is 2. The van der Waals surface area contributed by atoms with Gasteiger partial charge in [0.1, 0.15) is 12.4 Å². The van der Waals surface area contributed by atoms with Crippen LogP contribution in [0.4, 0.5) is 0 Å². The minimum absolute atomic E-state index is 0.0667. The van der Waals surface area contributed by atoms with Gasteiger partial charge in [-0.3, -0.25) is 9.59 Å². The van der Waals surface area contributed by atoms with Gasteiger partial charge in [0.25, 0.3) is 11.8 Å². The quantitative estimate of drug-likeness (QED) is 0.478. The first-order valence-corrected chi connectivity index (χ1v) is 10.5. The summed E-state index contributed by atoms with van der Waals surface area (Å²) in [5, 5.41) is 6.77. The van der Waals surface area contributed by atoms with E-state index in [-0.39, 0.29) is 25.2 Å². The summed E-state index contributed by atoms with van der Waals surface area (Å²) in [5.41, 5.74) is 3.21. The normalized spacial score (nSPS) is 19.5. The molecule has 1 saturated heterocycles. The fourth-order valence-corrected chi connectivity index (χ4v) is 3.27. The Morgan fingerprint density at radius 2 is 1.94 bits per heavy atom. The summed E-state index contributed by atoms with van der Waals surface area (Å²) in [5.74, 6) is 1.11. The van der Waals surface area contributed by atoms with Crippen molar-refractivity contribution in [3.05, 3.63) is 54.1 Å². The lowest BCUT2D eigenvalue weighted by Crippen LogP contribution is -2.42. The van der Waals surface area contributed by atoms with Crippen LogP contribution in [0.2, 0.25) is 0 Å². The lowest BCUT2D eigenvalue weighted by atomic mass is 10.2. The number of fused-ring (bicyclic) bond motifs is 1. The summed E-state index contributed by atoms with van der Waals surface area (Å²) in [6, 6.07) is 14.2. The van der Waals surface area contributed by atoms with Gasteiger partial charge in [-0.25, -0.2) is 5.43 Å². The Bertz CT molecular complexity index is 956. The van der Waals surface area contributed by atoms with Gasteiger partial charge in [0.05, 0.1) is 12.3 Å². The van der Waals surface area contributed by atoms with E-state index in [2.05, 4.69) is 15.8 Å². The summed E-state index contributed by atoms with van der Waals surface area (Å²) >= 11 is 0. The van der Waals surface area contributed by atoms with Crippen molar-refractivity contribution in [2.24, 2.45) is 5.10 Å². The fraction of sp³-hybridized carbons (Fsp3) is 0.348. The molecule has 0 radical (unpaired) electrons.